The average Bonchev–Trinajstić information content (AvgIpc) is 2.34. The molecule has 0 saturated carbocycles. The van der Waals surface area contributed by atoms with Crippen LogP contribution < -0.4 is 10.6 Å². The Morgan fingerprint density at radius 3 is 2.35 bits per heavy atom. The van der Waals surface area contributed by atoms with Crippen LogP contribution in [0.4, 0.5) is 4.79 Å². The number of aliphatic carboxylic acids is 1. The highest BCUT2D eigenvalue weighted by molar-refractivity contribution is 7.91. The van der Waals surface area contributed by atoms with Gasteiger partial charge >= 0.3 is 12.0 Å². The zero-order valence-corrected chi connectivity index (χ0v) is 12.6. The summed E-state index contributed by atoms with van der Waals surface area (Å²) in [6, 6.07) is -1.08. The smallest absolute Gasteiger partial charge is 0.329 e. The second kappa shape index (κ2) is 6.43. The minimum absolute atomic E-state index is 0.0846. The number of nitrogens with one attached hydrogen (secondary N) is 2. The number of carboxylic acids is 1. The highest BCUT2D eigenvalue weighted by Crippen LogP contribution is 2.16. The van der Waals surface area contributed by atoms with E-state index in [0.29, 0.717) is 12.8 Å². The molecule has 7 nitrogen and oxygen atoms in total. The second-order valence-corrected chi connectivity index (χ2v) is 7.38. The molecule has 1 unspecified atom stereocenters. The van der Waals surface area contributed by atoms with Crippen LogP contribution in [-0.2, 0) is 14.6 Å². The van der Waals surface area contributed by atoms with Gasteiger partial charge in [-0.15, -0.1) is 0 Å². The van der Waals surface area contributed by atoms with E-state index in [1.807, 2.05) is 0 Å². The Labute approximate surface area is 119 Å². The van der Waals surface area contributed by atoms with Gasteiger partial charge in [-0.1, -0.05) is 13.8 Å². The first-order valence-electron chi connectivity index (χ1n) is 6.77. The number of hydrogen-bond donors (Lipinski definition) is 3. The summed E-state index contributed by atoms with van der Waals surface area (Å²) < 4.78 is 23.0. The summed E-state index contributed by atoms with van der Waals surface area (Å²) in [6.45, 7) is 3.37. The van der Waals surface area contributed by atoms with E-state index < -0.39 is 33.4 Å². The van der Waals surface area contributed by atoms with Crippen molar-refractivity contribution in [2.75, 3.05) is 11.5 Å². The fourth-order valence-corrected chi connectivity index (χ4v) is 3.99. The second-order valence-electron chi connectivity index (χ2n) is 5.15. The first-order chi connectivity index (χ1) is 9.24. The highest BCUT2D eigenvalue weighted by Gasteiger charge is 2.37. The van der Waals surface area contributed by atoms with Gasteiger partial charge in [-0.2, -0.15) is 0 Å². The summed E-state index contributed by atoms with van der Waals surface area (Å²) in [7, 11) is -3.11. The highest BCUT2D eigenvalue weighted by atomic mass is 32.2. The van der Waals surface area contributed by atoms with Gasteiger partial charge in [0, 0.05) is 6.04 Å². The summed E-state index contributed by atoms with van der Waals surface area (Å²) >= 11 is 0. The van der Waals surface area contributed by atoms with Crippen molar-refractivity contribution in [3.8, 4) is 0 Å². The number of carbonyl (C=O) groups is 2. The quantitative estimate of drug-likeness (QED) is 0.685. The molecule has 1 rings (SSSR count). The molecule has 0 spiro atoms. The Hall–Kier alpha value is -1.31. The van der Waals surface area contributed by atoms with Crippen molar-refractivity contribution >= 4 is 21.8 Å². The van der Waals surface area contributed by atoms with Gasteiger partial charge in [0.15, 0.2) is 9.84 Å². The van der Waals surface area contributed by atoms with E-state index in [0.717, 1.165) is 0 Å². The number of carbonyl (C=O) groups excluding carboxylic acids is 1. The van der Waals surface area contributed by atoms with Crippen LogP contribution in [0.25, 0.3) is 0 Å². The molecule has 0 aromatic carbocycles. The van der Waals surface area contributed by atoms with E-state index in [-0.39, 0.29) is 24.3 Å². The van der Waals surface area contributed by atoms with Crippen LogP contribution in [-0.4, -0.2) is 48.6 Å². The summed E-state index contributed by atoms with van der Waals surface area (Å²) in [5.74, 6) is -1.02. The topological polar surface area (TPSA) is 113 Å². The van der Waals surface area contributed by atoms with E-state index >= 15 is 0 Å². The Morgan fingerprint density at radius 2 is 1.90 bits per heavy atom. The van der Waals surface area contributed by atoms with Crippen molar-refractivity contribution in [3.05, 3.63) is 0 Å². The number of hydrogen-bond acceptors (Lipinski definition) is 4. The van der Waals surface area contributed by atoms with Gasteiger partial charge < -0.3 is 15.7 Å². The van der Waals surface area contributed by atoms with Crippen molar-refractivity contribution in [3.63, 3.8) is 0 Å². The zero-order chi connectivity index (χ0) is 15.4. The van der Waals surface area contributed by atoms with Crippen molar-refractivity contribution in [2.24, 2.45) is 0 Å². The molecular weight excluding hydrogens is 284 g/mol. The molecule has 1 aliphatic heterocycles. The van der Waals surface area contributed by atoms with E-state index in [1.165, 1.54) is 0 Å². The molecule has 1 heterocycles. The molecule has 1 atom stereocenters. The number of amides is 2. The molecule has 3 N–H and O–H groups in total. The van der Waals surface area contributed by atoms with Crippen molar-refractivity contribution in [2.45, 2.75) is 51.1 Å². The van der Waals surface area contributed by atoms with Crippen LogP contribution in [0, 0.1) is 0 Å². The van der Waals surface area contributed by atoms with Gasteiger partial charge in [0.05, 0.1) is 11.5 Å². The van der Waals surface area contributed by atoms with Gasteiger partial charge in [0.2, 0.25) is 0 Å². The van der Waals surface area contributed by atoms with Crippen molar-refractivity contribution in [1.82, 2.24) is 10.6 Å². The molecule has 1 aliphatic rings. The molecule has 0 aliphatic carbocycles. The molecule has 0 bridgehead atoms. The van der Waals surface area contributed by atoms with E-state index in [1.54, 1.807) is 13.8 Å². The molecule has 20 heavy (non-hydrogen) atoms. The van der Waals surface area contributed by atoms with Crippen LogP contribution in [0.1, 0.15) is 39.5 Å². The maximum Gasteiger partial charge on any atom is 0.329 e. The third kappa shape index (κ3) is 4.09. The lowest BCUT2D eigenvalue weighted by Gasteiger charge is -2.30. The summed E-state index contributed by atoms with van der Waals surface area (Å²) in [5, 5.41) is 14.2. The molecular formula is C12H22N2O5S. The third-order valence-corrected chi connectivity index (χ3v) is 5.59. The lowest BCUT2D eigenvalue weighted by molar-refractivity contribution is -0.144. The van der Waals surface area contributed by atoms with Crippen LogP contribution >= 0.6 is 0 Å². The Bertz CT molecular complexity index is 470. The predicted molar refractivity (Wildman–Crippen MR) is 74.3 cm³/mol. The number of rotatable bonds is 5. The van der Waals surface area contributed by atoms with Crippen LogP contribution in [0.2, 0.25) is 0 Å². The van der Waals surface area contributed by atoms with Gasteiger partial charge in [-0.25, -0.2) is 18.0 Å². The predicted octanol–water partition coefficient (Wildman–Crippen LogP) is 0.506. The lowest BCUT2D eigenvalue weighted by atomic mass is 9.93. The Morgan fingerprint density at radius 1 is 1.30 bits per heavy atom. The SMILES string of the molecule is CCC(CC)(NC(=O)NC1CCCS(=O)(=O)C1)C(=O)O. The van der Waals surface area contributed by atoms with Gasteiger partial charge in [0.25, 0.3) is 0 Å². The van der Waals surface area contributed by atoms with Gasteiger partial charge in [-0.05, 0) is 25.7 Å². The number of carboxylic acid groups (broad SMARTS) is 1. The van der Waals surface area contributed by atoms with Gasteiger partial charge in [-0.3, -0.25) is 0 Å². The molecule has 0 aromatic heterocycles. The minimum Gasteiger partial charge on any atom is -0.480 e. The summed E-state index contributed by atoms with van der Waals surface area (Å²) in [6.07, 6.45) is 1.62. The zero-order valence-electron chi connectivity index (χ0n) is 11.8. The molecule has 0 radical (unpaired) electrons. The molecule has 0 aromatic rings. The first kappa shape index (κ1) is 16.7. The number of sulfone groups is 1. The average molecular weight is 306 g/mol. The maximum absolute atomic E-state index is 11.9. The van der Waals surface area contributed by atoms with Gasteiger partial charge in [0.1, 0.15) is 5.54 Å². The van der Waals surface area contributed by atoms with Crippen molar-refractivity contribution in [1.29, 1.82) is 0 Å². The molecule has 1 saturated heterocycles. The van der Waals surface area contributed by atoms with E-state index in [9.17, 15) is 23.1 Å². The van der Waals surface area contributed by atoms with E-state index in [2.05, 4.69) is 10.6 Å². The summed E-state index contributed by atoms with van der Waals surface area (Å²) in [5.41, 5.74) is -1.31. The standard InChI is InChI=1S/C12H22N2O5S/c1-3-12(4-2,10(15)16)14-11(17)13-9-6-5-7-20(18,19)8-9/h9H,3-8H2,1-2H3,(H,15,16)(H2,13,14,17). The first-order valence-corrected chi connectivity index (χ1v) is 8.59. The fourth-order valence-electron chi connectivity index (χ4n) is 2.36. The minimum atomic E-state index is -3.11. The lowest BCUT2D eigenvalue weighted by Crippen LogP contribution is -2.58. The van der Waals surface area contributed by atoms with Crippen LogP contribution in [0.3, 0.4) is 0 Å². The Kier molecular flexibility index (Phi) is 5.38. The summed E-state index contributed by atoms with van der Waals surface area (Å²) in [4.78, 5) is 23.2. The molecule has 1 fully saturated rings. The third-order valence-electron chi connectivity index (χ3n) is 3.77. The van der Waals surface area contributed by atoms with Crippen LogP contribution in [0.15, 0.2) is 0 Å². The van der Waals surface area contributed by atoms with E-state index in [4.69, 9.17) is 0 Å². The normalized spacial score (nSPS) is 22.0. The Balaban J connectivity index is 2.65. The number of urea groups is 1. The maximum atomic E-state index is 11.9. The van der Waals surface area contributed by atoms with Crippen molar-refractivity contribution < 1.29 is 23.1 Å². The molecule has 8 heteroatoms. The molecule has 2 amide bonds. The monoisotopic (exact) mass is 306 g/mol. The molecule has 116 valence electrons. The fraction of sp³-hybridized carbons (Fsp3) is 0.833. The largest absolute Gasteiger partial charge is 0.480 e. The van der Waals surface area contributed by atoms with Crippen LogP contribution in [0.5, 0.6) is 0 Å².